The lowest BCUT2D eigenvalue weighted by molar-refractivity contribution is -0.112. The number of aryl methyl sites for hydroxylation is 1. The number of para-hydroxylation sites is 1. The molecule has 0 saturated carbocycles. The molecule has 1 N–H and O–H groups in total. The maximum atomic E-state index is 12.4. The van der Waals surface area contributed by atoms with Crippen LogP contribution < -0.4 is 10.1 Å². The first kappa shape index (κ1) is 15.8. The van der Waals surface area contributed by atoms with Gasteiger partial charge < -0.3 is 10.1 Å². The summed E-state index contributed by atoms with van der Waals surface area (Å²) in [5.74, 6) is 0.472. The summed E-state index contributed by atoms with van der Waals surface area (Å²) in [7, 11) is 0. The number of benzene rings is 2. The van der Waals surface area contributed by atoms with Gasteiger partial charge in [-0.05, 0) is 54.8 Å². The summed E-state index contributed by atoms with van der Waals surface area (Å²) in [6, 6.07) is 15.2. The Kier molecular flexibility index (Phi) is 4.35. The van der Waals surface area contributed by atoms with Crippen molar-refractivity contribution in [2.75, 3.05) is 5.32 Å². The molecule has 4 nitrogen and oxygen atoms in total. The van der Waals surface area contributed by atoms with Crippen LogP contribution in [-0.2, 0) is 11.2 Å². The van der Waals surface area contributed by atoms with Crippen LogP contribution in [0.4, 0.5) is 5.69 Å². The van der Waals surface area contributed by atoms with E-state index in [1.807, 2.05) is 62.4 Å². The Morgan fingerprint density at radius 1 is 1.33 bits per heavy atom. The quantitative estimate of drug-likeness (QED) is 0.690. The largest absolute Gasteiger partial charge is 0.490 e. The van der Waals surface area contributed by atoms with Gasteiger partial charge in [0.05, 0.1) is 0 Å². The fourth-order valence-electron chi connectivity index (χ4n) is 2.75. The molecule has 0 aromatic heterocycles. The van der Waals surface area contributed by atoms with Gasteiger partial charge in [0.25, 0.3) is 5.91 Å². The van der Waals surface area contributed by atoms with Crippen LogP contribution in [0.2, 0.25) is 0 Å². The molecule has 0 fully saturated rings. The standard InChI is InChI=1S/C20H18N2O2/c1-13-5-3-4-6-18(13)22-20(23)17(12-21)11-15-7-8-19-16(10-15)9-14(2)24-19/h3-8,10-11,14H,9H2,1-2H3,(H,22,23)/b17-11-/t14-/m0/s1. The van der Waals surface area contributed by atoms with E-state index in [2.05, 4.69) is 5.32 Å². The molecule has 0 spiro atoms. The molecule has 24 heavy (non-hydrogen) atoms. The number of fused-ring (bicyclic) bond motifs is 1. The van der Waals surface area contributed by atoms with Crippen molar-refractivity contribution in [2.24, 2.45) is 0 Å². The van der Waals surface area contributed by atoms with E-state index in [1.165, 1.54) is 0 Å². The highest BCUT2D eigenvalue weighted by atomic mass is 16.5. The van der Waals surface area contributed by atoms with E-state index < -0.39 is 5.91 Å². The van der Waals surface area contributed by atoms with Crippen molar-refractivity contribution in [3.8, 4) is 11.8 Å². The van der Waals surface area contributed by atoms with E-state index in [1.54, 1.807) is 6.08 Å². The number of ether oxygens (including phenoxy) is 1. The van der Waals surface area contributed by atoms with Gasteiger partial charge in [-0.3, -0.25) is 4.79 Å². The Morgan fingerprint density at radius 3 is 2.88 bits per heavy atom. The summed E-state index contributed by atoms with van der Waals surface area (Å²) in [6.07, 6.45) is 2.62. The smallest absolute Gasteiger partial charge is 0.266 e. The molecule has 120 valence electrons. The first-order valence-electron chi connectivity index (χ1n) is 7.85. The lowest BCUT2D eigenvalue weighted by Crippen LogP contribution is -2.14. The average Bonchev–Trinajstić information content (AvgIpc) is 2.94. The Morgan fingerprint density at radius 2 is 2.12 bits per heavy atom. The molecule has 1 heterocycles. The zero-order valence-corrected chi connectivity index (χ0v) is 13.7. The van der Waals surface area contributed by atoms with Crippen molar-refractivity contribution in [3.63, 3.8) is 0 Å². The fraction of sp³-hybridized carbons (Fsp3) is 0.200. The zero-order valence-electron chi connectivity index (χ0n) is 13.7. The summed E-state index contributed by atoms with van der Waals surface area (Å²) in [6.45, 7) is 3.93. The Bertz CT molecular complexity index is 862. The van der Waals surface area contributed by atoms with Crippen LogP contribution in [-0.4, -0.2) is 12.0 Å². The topological polar surface area (TPSA) is 62.1 Å². The van der Waals surface area contributed by atoms with Crippen LogP contribution in [0.25, 0.3) is 6.08 Å². The van der Waals surface area contributed by atoms with Crippen LogP contribution in [0.3, 0.4) is 0 Å². The molecule has 2 aromatic carbocycles. The number of carbonyl (C=O) groups excluding carboxylic acids is 1. The second kappa shape index (κ2) is 6.59. The van der Waals surface area contributed by atoms with E-state index in [0.717, 1.165) is 28.9 Å². The second-order valence-corrected chi connectivity index (χ2v) is 5.94. The van der Waals surface area contributed by atoms with E-state index in [4.69, 9.17) is 4.74 Å². The lowest BCUT2D eigenvalue weighted by Gasteiger charge is -2.07. The average molecular weight is 318 g/mol. The van der Waals surface area contributed by atoms with E-state index in [-0.39, 0.29) is 11.7 Å². The molecule has 4 heteroatoms. The summed E-state index contributed by atoms with van der Waals surface area (Å²) in [5, 5.41) is 12.1. The van der Waals surface area contributed by atoms with Crippen molar-refractivity contribution in [1.29, 1.82) is 5.26 Å². The summed E-state index contributed by atoms with van der Waals surface area (Å²) in [4.78, 5) is 12.4. The molecule has 0 bridgehead atoms. The third kappa shape index (κ3) is 3.31. The zero-order chi connectivity index (χ0) is 17.1. The number of hydrogen-bond donors (Lipinski definition) is 1. The van der Waals surface area contributed by atoms with Gasteiger partial charge in [-0.2, -0.15) is 5.26 Å². The van der Waals surface area contributed by atoms with Crippen molar-refractivity contribution < 1.29 is 9.53 Å². The molecule has 1 aliphatic heterocycles. The lowest BCUT2D eigenvalue weighted by atomic mass is 10.0. The number of hydrogen-bond acceptors (Lipinski definition) is 3. The Hall–Kier alpha value is -3.06. The van der Waals surface area contributed by atoms with Gasteiger partial charge >= 0.3 is 0 Å². The number of carbonyl (C=O) groups is 1. The highest BCUT2D eigenvalue weighted by molar-refractivity contribution is 6.09. The van der Waals surface area contributed by atoms with Gasteiger partial charge in [-0.1, -0.05) is 24.3 Å². The van der Waals surface area contributed by atoms with E-state index in [9.17, 15) is 10.1 Å². The molecule has 2 aromatic rings. The summed E-state index contributed by atoms with van der Waals surface area (Å²) in [5.41, 5.74) is 3.66. The molecule has 1 atom stereocenters. The van der Waals surface area contributed by atoms with Crippen LogP contribution >= 0.6 is 0 Å². The minimum absolute atomic E-state index is 0.0742. The second-order valence-electron chi connectivity index (χ2n) is 5.94. The van der Waals surface area contributed by atoms with Crippen molar-refractivity contribution in [2.45, 2.75) is 26.4 Å². The Labute approximate surface area is 141 Å². The summed E-state index contributed by atoms with van der Waals surface area (Å²) >= 11 is 0. The van der Waals surface area contributed by atoms with E-state index >= 15 is 0 Å². The monoisotopic (exact) mass is 318 g/mol. The number of anilines is 1. The van der Waals surface area contributed by atoms with Crippen molar-refractivity contribution in [1.82, 2.24) is 0 Å². The van der Waals surface area contributed by atoms with Crippen LogP contribution in [0.1, 0.15) is 23.6 Å². The molecule has 1 aliphatic rings. The number of rotatable bonds is 3. The third-order valence-electron chi connectivity index (χ3n) is 3.99. The van der Waals surface area contributed by atoms with Crippen LogP contribution in [0.5, 0.6) is 5.75 Å². The molecule has 1 amide bonds. The van der Waals surface area contributed by atoms with Crippen LogP contribution in [0, 0.1) is 18.3 Å². The molecule has 3 rings (SSSR count). The normalized spacial score (nSPS) is 16.0. The molecular formula is C20H18N2O2. The fourth-order valence-corrected chi connectivity index (χ4v) is 2.75. The summed E-state index contributed by atoms with van der Waals surface area (Å²) < 4.78 is 5.67. The Balaban J connectivity index is 1.83. The van der Waals surface area contributed by atoms with Gasteiger partial charge in [-0.15, -0.1) is 0 Å². The minimum atomic E-state index is -0.406. The number of nitrogens with one attached hydrogen (secondary N) is 1. The number of amides is 1. The molecule has 0 radical (unpaired) electrons. The van der Waals surface area contributed by atoms with E-state index in [0.29, 0.717) is 5.69 Å². The highest BCUT2D eigenvalue weighted by Gasteiger charge is 2.19. The van der Waals surface area contributed by atoms with Gasteiger partial charge in [0.15, 0.2) is 0 Å². The van der Waals surface area contributed by atoms with Crippen LogP contribution in [0.15, 0.2) is 48.0 Å². The first-order chi connectivity index (χ1) is 11.6. The molecule has 0 saturated heterocycles. The maximum absolute atomic E-state index is 12.4. The highest BCUT2D eigenvalue weighted by Crippen LogP contribution is 2.30. The molecule has 0 unspecified atom stereocenters. The van der Waals surface area contributed by atoms with Gasteiger partial charge in [0.2, 0.25) is 0 Å². The van der Waals surface area contributed by atoms with Gasteiger partial charge in [0, 0.05) is 12.1 Å². The first-order valence-corrected chi connectivity index (χ1v) is 7.85. The molecular weight excluding hydrogens is 300 g/mol. The third-order valence-corrected chi connectivity index (χ3v) is 3.99. The van der Waals surface area contributed by atoms with Crippen molar-refractivity contribution >= 4 is 17.7 Å². The maximum Gasteiger partial charge on any atom is 0.266 e. The van der Waals surface area contributed by atoms with Gasteiger partial charge in [0.1, 0.15) is 23.5 Å². The molecule has 0 aliphatic carbocycles. The van der Waals surface area contributed by atoms with Gasteiger partial charge in [-0.25, -0.2) is 0 Å². The predicted octanol–water partition coefficient (Wildman–Crippen LogP) is 3.86. The number of nitrogens with zero attached hydrogens (tertiary/aromatic N) is 1. The number of nitriles is 1. The SMILES string of the molecule is Cc1ccccc1NC(=O)/C(C#N)=C\c1ccc2c(c1)C[C@H](C)O2. The minimum Gasteiger partial charge on any atom is -0.490 e. The predicted molar refractivity (Wildman–Crippen MR) is 93.6 cm³/mol. The van der Waals surface area contributed by atoms with Crippen molar-refractivity contribution in [3.05, 3.63) is 64.7 Å².